The molecular weight excluding hydrogens is 289 g/mol. The van der Waals surface area contributed by atoms with E-state index in [2.05, 4.69) is 4.98 Å². The van der Waals surface area contributed by atoms with E-state index in [1.54, 1.807) is 0 Å². The van der Waals surface area contributed by atoms with Gasteiger partial charge in [0.2, 0.25) is 0 Å². The van der Waals surface area contributed by atoms with Crippen molar-refractivity contribution in [1.82, 2.24) is 4.98 Å². The molecule has 0 radical (unpaired) electrons. The number of pyridine rings is 1. The first-order valence-electron chi connectivity index (χ1n) is 3.45. The van der Waals surface area contributed by atoms with Crippen LogP contribution >= 0.6 is 22.6 Å². The van der Waals surface area contributed by atoms with Crippen molar-refractivity contribution in [2.45, 2.75) is 12.8 Å². The van der Waals surface area contributed by atoms with Crippen molar-refractivity contribution in [1.29, 1.82) is 5.26 Å². The fraction of sp³-hybridized carbons (Fsp3) is 0.250. The highest BCUT2D eigenvalue weighted by Crippen LogP contribution is 2.22. The highest BCUT2D eigenvalue weighted by molar-refractivity contribution is 14.1. The van der Waals surface area contributed by atoms with Gasteiger partial charge in [-0.15, -0.1) is 0 Å². The number of aromatic nitrogens is 1. The van der Waals surface area contributed by atoms with Crippen LogP contribution in [0, 0.1) is 15.0 Å². The summed E-state index contributed by atoms with van der Waals surface area (Å²) in [6.45, 7) is 0. The quantitative estimate of drug-likeness (QED) is 0.621. The minimum absolute atomic E-state index is 0.0729. The van der Waals surface area contributed by atoms with Gasteiger partial charge < -0.3 is 0 Å². The number of nitriles is 1. The minimum atomic E-state index is -2.56. The molecule has 1 heterocycles. The number of hydrogen-bond acceptors (Lipinski definition) is 2. The van der Waals surface area contributed by atoms with Crippen LogP contribution in [0.15, 0.2) is 12.1 Å². The van der Waals surface area contributed by atoms with E-state index in [1.165, 1.54) is 12.1 Å². The Kier molecular flexibility index (Phi) is 3.54. The lowest BCUT2D eigenvalue weighted by Gasteiger charge is -2.04. The Hall–Kier alpha value is -0.770. The number of rotatable bonds is 2. The van der Waals surface area contributed by atoms with E-state index in [0.717, 1.165) is 0 Å². The zero-order chi connectivity index (χ0) is 9.84. The summed E-state index contributed by atoms with van der Waals surface area (Å²) < 4.78 is 25.3. The molecule has 5 heteroatoms. The molecule has 1 aromatic heterocycles. The summed E-state index contributed by atoms with van der Waals surface area (Å²) in [6, 6.07) is 4.62. The van der Waals surface area contributed by atoms with Gasteiger partial charge in [-0.2, -0.15) is 5.26 Å². The van der Waals surface area contributed by atoms with Gasteiger partial charge in [-0.3, -0.25) is 0 Å². The van der Waals surface area contributed by atoms with Crippen molar-refractivity contribution >= 4 is 22.6 Å². The lowest BCUT2D eigenvalue weighted by Crippen LogP contribution is -1.98. The maximum Gasteiger partial charge on any atom is 0.265 e. The first-order valence-corrected chi connectivity index (χ1v) is 4.53. The van der Waals surface area contributed by atoms with Gasteiger partial charge in [-0.1, -0.05) is 0 Å². The molecule has 0 saturated carbocycles. The Morgan fingerprint density at radius 3 is 2.77 bits per heavy atom. The molecule has 0 N–H and O–H groups in total. The van der Waals surface area contributed by atoms with Gasteiger partial charge in [-0.25, -0.2) is 13.8 Å². The highest BCUT2D eigenvalue weighted by Gasteiger charge is 2.13. The van der Waals surface area contributed by atoms with Crippen LogP contribution in [-0.4, -0.2) is 4.98 Å². The van der Waals surface area contributed by atoms with Crippen molar-refractivity contribution < 1.29 is 8.78 Å². The van der Waals surface area contributed by atoms with E-state index in [0.29, 0.717) is 3.70 Å². The van der Waals surface area contributed by atoms with Crippen molar-refractivity contribution in [3.63, 3.8) is 0 Å². The third-order valence-corrected chi connectivity index (χ3v) is 2.06. The molecule has 0 aliphatic rings. The number of nitrogens with zero attached hydrogens (tertiary/aromatic N) is 2. The Morgan fingerprint density at radius 2 is 2.23 bits per heavy atom. The summed E-state index contributed by atoms with van der Waals surface area (Å²) in [5.74, 6) is 0. The first kappa shape index (κ1) is 10.3. The molecule has 0 spiro atoms. The van der Waals surface area contributed by atoms with Gasteiger partial charge in [0, 0.05) is 5.56 Å². The normalized spacial score (nSPS) is 10.1. The molecule has 0 aromatic carbocycles. The van der Waals surface area contributed by atoms with Crippen molar-refractivity contribution in [3.8, 4) is 6.07 Å². The van der Waals surface area contributed by atoms with Gasteiger partial charge in [0.05, 0.1) is 18.2 Å². The molecule has 13 heavy (non-hydrogen) atoms. The van der Waals surface area contributed by atoms with Crippen LogP contribution in [0.2, 0.25) is 0 Å². The van der Waals surface area contributed by atoms with Crippen LogP contribution < -0.4 is 0 Å². The number of hydrogen-bond donors (Lipinski definition) is 0. The van der Waals surface area contributed by atoms with E-state index < -0.39 is 6.43 Å². The average Bonchev–Trinajstić information content (AvgIpc) is 2.04. The van der Waals surface area contributed by atoms with Crippen LogP contribution in [-0.2, 0) is 6.42 Å². The van der Waals surface area contributed by atoms with Gasteiger partial charge in [-0.05, 0) is 34.7 Å². The highest BCUT2D eigenvalue weighted by atomic mass is 127. The molecule has 0 bridgehead atoms. The largest absolute Gasteiger partial charge is 0.265 e. The fourth-order valence-electron chi connectivity index (χ4n) is 0.901. The Balaban J connectivity index is 3.12. The maximum atomic E-state index is 12.3. The Morgan fingerprint density at radius 1 is 1.54 bits per heavy atom. The monoisotopic (exact) mass is 294 g/mol. The summed E-state index contributed by atoms with van der Waals surface area (Å²) in [5, 5.41) is 8.38. The van der Waals surface area contributed by atoms with Gasteiger partial charge in [0.25, 0.3) is 6.43 Å². The fourth-order valence-corrected chi connectivity index (χ4v) is 1.37. The van der Waals surface area contributed by atoms with Gasteiger partial charge >= 0.3 is 0 Å². The van der Waals surface area contributed by atoms with Gasteiger partial charge in [0.1, 0.15) is 3.70 Å². The molecule has 0 aliphatic carbocycles. The standard InChI is InChI=1S/C8H5F2IN2/c9-8(10)5-1-2-7(11)13-6(5)3-4-12/h1-2,8H,3H2. The first-order chi connectivity index (χ1) is 6.15. The summed E-state index contributed by atoms with van der Waals surface area (Å²) in [5.41, 5.74) is 0.0198. The lowest BCUT2D eigenvalue weighted by molar-refractivity contribution is 0.150. The zero-order valence-electron chi connectivity index (χ0n) is 6.47. The van der Waals surface area contributed by atoms with E-state index in [1.807, 2.05) is 28.7 Å². The topological polar surface area (TPSA) is 36.7 Å². The van der Waals surface area contributed by atoms with Crippen LogP contribution in [0.5, 0.6) is 0 Å². The van der Waals surface area contributed by atoms with Crippen molar-refractivity contribution in [2.75, 3.05) is 0 Å². The average molecular weight is 294 g/mol. The number of halogens is 3. The molecule has 1 aromatic rings. The Bertz CT molecular complexity index is 346. The van der Waals surface area contributed by atoms with Crippen LogP contribution in [0.4, 0.5) is 8.78 Å². The molecule has 0 fully saturated rings. The van der Waals surface area contributed by atoms with E-state index in [-0.39, 0.29) is 17.7 Å². The summed E-state index contributed by atoms with van der Waals surface area (Å²) in [7, 11) is 0. The molecular formula is C8H5F2IN2. The van der Waals surface area contributed by atoms with Crippen LogP contribution in [0.3, 0.4) is 0 Å². The van der Waals surface area contributed by atoms with E-state index >= 15 is 0 Å². The predicted octanol–water partition coefficient (Wildman–Crippen LogP) is 2.69. The van der Waals surface area contributed by atoms with Crippen molar-refractivity contribution in [2.24, 2.45) is 0 Å². The maximum absolute atomic E-state index is 12.3. The molecule has 0 atom stereocenters. The predicted molar refractivity (Wildman–Crippen MR) is 51.2 cm³/mol. The van der Waals surface area contributed by atoms with Gasteiger partial charge in [0.15, 0.2) is 0 Å². The smallest absolute Gasteiger partial charge is 0.245 e. The molecule has 2 nitrogen and oxygen atoms in total. The number of alkyl halides is 2. The third-order valence-electron chi connectivity index (χ3n) is 1.46. The Labute approximate surface area is 87.7 Å². The van der Waals surface area contributed by atoms with E-state index in [9.17, 15) is 8.78 Å². The second-order valence-corrected chi connectivity index (χ2v) is 3.41. The van der Waals surface area contributed by atoms with Crippen molar-refractivity contribution in [3.05, 3.63) is 27.1 Å². The lowest BCUT2D eigenvalue weighted by atomic mass is 10.1. The molecule has 68 valence electrons. The second kappa shape index (κ2) is 4.46. The second-order valence-electron chi connectivity index (χ2n) is 2.31. The SMILES string of the molecule is N#CCc1nc(I)ccc1C(F)F. The van der Waals surface area contributed by atoms with Crippen LogP contribution in [0.1, 0.15) is 17.7 Å². The molecule has 0 aliphatic heterocycles. The summed E-state index contributed by atoms with van der Waals surface area (Å²) >= 11 is 1.92. The summed E-state index contributed by atoms with van der Waals surface area (Å²) in [4.78, 5) is 3.87. The molecule has 1 rings (SSSR count). The minimum Gasteiger partial charge on any atom is -0.245 e. The van der Waals surface area contributed by atoms with Crippen LogP contribution in [0.25, 0.3) is 0 Å². The molecule has 0 saturated heterocycles. The zero-order valence-corrected chi connectivity index (χ0v) is 8.62. The van der Waals surface area contributed by atoms with E-state index in [4.69, 9.17) is 5.26 Å². The molecule has 0 unspecified atom stereocenters. The summed E-state index contributed by atoms with van der Waals surface area (Å²) in [6.07, 6.45) is -2.64. The third kappa shape index (κ3) is 2.59. The molecule has 0 amide bonds.